The molecule has 2 rings (SSSR count). The first kappa shape index (κ1) is 12.7. The molecule has 0 bridgehead atoms. The molecule has 1 N–H and O–H groups in total. The normalized spacial score (nSPS) is 20.3. The largest absolute Gasteiger partial charge is 0.374 e. The Hall–Kier alpha value is -0.770. The van der Waals surface area contributed by atoms with E-state index in [1.807, 2.05) is 12.1 Å². The topological polar surface area (TPSA) is 24.5 Å². The highest BCUT2D eigenvalue weighted by Gasteiger charge is 2.16. The van der Waals surface area contributed by atoms with Gasteiger partial charge in [0.1, 0.15) is 0 Å². The number of nitrogens with zero attached hydrogens (tertiary/aromatic N) is 1. The Morgan fingerprint density at radius 1 is 1.53 bits per heavy atom. The van der Waals surface area contributed by atoms with E-state index in [2.05, 4.69) is 30.3 Å². The van der Waals surface area contributed by atoms with Crippen LogP contribution in [0.2, 0.25) is 5.02 Å². The van der Waals surface area contributed by atoms with Crippen molar-refractivity contribution >= 4 is 17.3 Å². The number of hydrogen-bond donors (Lipinski definition) is 1. The van der Waals surface area contributed by atoms with Crippen molar-refractivity contribution in [3.8, 4) is 0 Å². The number of ether oxygens (including phenoxy) is 1. The highest BCUT2D eigenvalue weighted by molar-refractivity contribution is 6.30. The Bertz CT molecular complexity index is 378. The molecule has 1 aromatic rings. The molecule has 3 nitrogen and oxygen atoms in total. The van der Waals surface area contributed by atoms with Crippen molar-refractivity contribution in [1.29, 1.82) is 0 Å². The minimum atomic E-state index is 0.267. The summed E-state index contributed by atoms with van der Waals surface area (Å²) < 4.78 is 5.70. The number of aryl methyl sites for hydroxylation is 1. The van der Waals surface area contributed by atoms with Crippen molar-refractivity contribution in [2.75, 3.05) is 38.2 Å². The van der Waals surface area contributed by atoms with Gasteiger partial charge in [0, 0.05) is 37.4 Å². The van der Waals surface area contributed by atoms with Crippen LogP contribution in [0.5, 0.6) is 0 Å². The minimum absolute atomic E-state index is 0.267. The van der Waals surface area contributed by atoms with Crippen LogP contribution in [-0.2, 0) is 4.74 Å². The van der Waals surface area contributed by atoms with E-state index in [-0.39, 0.29) is 6.10 Å². The third kappa shape index (κ3) is 3.35. The molecule has 17 heavy (non-hydrogen) atoms. The van der Waals surface area contributed by atoms with Crippen LogP contribution in [0.15, 0.2) is 18.2 Å². The molecule has 1 aliphatic rings. The van der Waals surface area contributed by atoms with Crippen LogP contribution in [0, 0.1) is 6.92 Å². The molecule has 1 aliphatic heterocycles. The second-order valence-electron chi connectivity index (χ2n) is 4.51. The lowest BCUT2D eigenvalue weighted by Crippen LogP contribution is -2.44. The lowest BCUT2D eigenvalue weighted by atomic mass is 10.1. The summed E-state index contributed by atoms with van der Waals surface area (Å²) in [6.07, 6.45) is 0.267. The van der Waals surface area contributed by atoms with Gasteiger partial charge in [0.2, 0.25) is 0 Å². The molecule has 0 aliphatic carbocycles. The van der Waals surface area contributed by atoms with Gasteiger partial charge in [-0.15, -0.1) is 0 Å². The molecule has 0 saturated carbocycles. The SMILES string of the molecule is Cc1cc(Cl)ccc1N(C)CC1CNCCO1. The number of benzene rings is 1. The predicted octanol–water partition coefficient (Wildman–Crippen LogP) is 2.07. The molecular weight excluding hydrogens is 236 g/mol. The Balaban J connectivity index is 2.00. The first-order valence-electron chi connectivity index (χ1n) is 5.96. The molecule has 1 atom stereocenters. The third-order valence-electron chi connectivity index (χ3n) is 3.05. The van der Waals surface area contributed by atoms with E-state index in [0.717, 1.165) is 31.3 Å². The molecule has 0 spiro atoms. The maximum absolute atomic E-state index is 5.96. The summed E-state index contributed by atoms with van der Waals surface area (Å²) in [6.45, 7) is 5.67. The van der Waals surface area contributed by atoms with Crippen molar-refractivity contribution in [3.05, 3.63) is 28.8 Å². The molecule has 0 radical (unpaired) electrons. The van der Waals surface area contributed by atoms with Gasteiger partial charge in [-0.1, -0.05) is 11.6 Å². The molecule has 0 amide bonds. The van der Waals surface area contributed by atoms with Crippen molar-refractivity contribution < 1.29 is 4.74 Å². The molecule has 4 heteroatoms. The van der Waals surface area contributed by atoms with Gasteiger partial charge >= 0.3 is 0 Å². The van der Waals surface area contributed by atoms with Gasteiger partial charge in [0.05, 0.1) is 12.7 Å². The zero-order valence-electron chi connectivity index (χ0n) is 10.4. The summed E-state index contributed by atoms with van der Waals surface area (Å²) in [5.74, 6) is 0. The number of halogens is 1. The number of hydrogen-bond acceptors (Lipinski definition) is 3. The molecule has 1 saturated heterocycles. The average molecular weight is 255 g/mol. The predicted molar refractivity (Wildman–Crippen MR) is 72.1 cm³/mol. The van der Waals surface area contributed by atoms with Crippen LogP contribution in [0.3, 0.4) is 0 Å². The Kier molecular flexibility index (Phi) is 4.26. The smallest absolute Gasteiger partial charge is 0.0874 e. The lowest BCUT2D eigenvalue weighted by molar-refractivity contribution is 0.0340. The van der Waals surface area contributed by atoms with Gasteiger partial charge in [0.15, 0.2) is 0 Å². The first-order valence-corrected chi connectivity index (χ1v) is 6.34. The zero-order chi connectivity index (χ0) is 12.3. The van der Waals surface area contributed by atoms with Gasteiger partial charge in [-0.25, -0.2) is 0 Å². The van der Waals surface area contributed by atoms with Crippen LogP contribution in [0.1, 0.15) is 5.56 Å². The fourth-order valence-electron chi connectivity index (χ4n) is 2.19. The second-order valence-corrected chi connectivity index (χ2v) is 4.94. The van der Waals surface area contributed by atoms with Crippen molar-refractivity contribution in [3.63, 3.8) is 0 Å². The summed E-state index contributed by atoms with van der Waals surface area (Å²) in [7, 11) is 2.09. The number of rotatable bonds is 3. The van der Waals surface area contributed by atoms with Crippen LogP contribution in [0.4, 0.5) is 5.69 Å². The number of morpholine rings is 1. The van der Waals surface area contributed by atoms with Crippen LogP contribution in [-0.4, -0.2) is 39.4 Å². The van der Waals surface area contributed by atoms with E-state index in [9.17, 15) is 0 Å². The monoisotopic (exact) mass is 254 g/mol. The average Bonchev–Trinajstić information content (AvgIpc) is 2.30. The second kappa shape index (κ2) is 5.71. The molecular formula is C13H19ClN2O. The summed E-state index contributed by atoms with van der Waals surface area (Å²) in [5.41, 5.74) is 2.41. The van der Waals surface area contributed by atoms with Gasteiger partial charge in [-0.05, 0) is 30.7 Å². The Morgan fingerprint density at radius 2 is 2.35 bits per heavy atom. The third-order valence-corrected chi connectivity index (χ3v) is 3.29. The van der Waals surface area contributed by atoms with Gasteiger partial charge in [-0.2, -0.15) is 0 Å². The van der Waals surface area contributed by atoms with Crippen LogP contribution >= 0.6 is 11.6 Å². The molecule has 1 unspecified atom stereocenters. The molecule has 1 aromatic carbocycles. The highest BCUT2D eigenvalue weighted by Crippen LogP contribution is 2.23. The summed E-state index contributed by atoms with van der Waals surface area (Å²) in [6, 6.07) is 5.99. The molecule has 0 aromatic heterocycles. The van der Waals surface area contributed by atoms with E-state index in [4.69, 9.17) is 16.3 Å². The van der Waals surface area contributed by atoms with Crippen molar-refractivity contribution in [2.24, 2.45) is 0 Å². The molecule has 1 fully saturated rings. The van der Waals surface area contributed by atoms with E-state index >= 15 is 0 Å². The minimum Gasteiger partial charge on any atom is -0.374 e. The van der Waals surface area contributed by atoms with E-state index in [1.54, 1.807) is 0 Å². The number of anilines is 1. The van der Waals surface area contributed by atoms with E-state index in [1.165, 1.54) is 11.3 Å². The summed E-state index contributed by atoms with van der Waals surface area (Å²) in [5, 5.41) is 4.13. The maximum Gasteiger partial charge on any atom is 0.0874 e. The van der Waals surface area contributed by atoms with Gasteiger partial charge in [-0.3, -0.25) is 0 Å². The lowest BCUT2D eigenvalue weighted by Gasteiger charge is -2.30. The Labute approximate surface area is 108 Å². The fourth-order valence-corrected chi connectivity index (χ4v) is 2.41. The maximum atomic E-state index is 5.96. The standard InChI is InChI=1S/C13H19ClN2O/c1-10-7-11(14)3-4-13(10)16(2)9-12-8-15-5-6-17-12/h3-4,7,12,15H,5-6,8-9H2,1-2H3. The Morgan fingerprint density at radius 3 is 3.00 bits per heavy atom. The summed E-state index contributed by atoms with van der Waals surface area (Å²) >= 11 is 5.96. The van der Waals surface area contributed by atoms with E-state index < -0.39 is 0 Å². The van der Waals surface area contributed by atoms with Crippen molar-refractivity contribution in [2.45, 2.75) is 13.0 Å². The quantitative estimate of drug-likeness (QED) is 0.894. The van der Waals surface area contributed by atoms with Gasteiger partial charge < -0.3 is 15.0 Å². The van der Waals surface area contributed by atoms with Crippen LogP contribution < -0.4 is 10.2 Å². The van der Waals surface area contributed by atoms with Crippen molar-refractivity contribution in [1.82, 2.24) is 5.32 Å². The van der Waals surface area contributed by atoms with E-state index in [0.29, 0.717) is 0 Å². The van der Waals surface area contributed by atoms with Gasteiger partial charge in [0.25, 0.3) is 0 Å². The zero-order valence-corrected chi connectivity index (χ0v) is 11.1. The highest BCUT2D eigenvalue weighted by atomic mass is 35.5. The number of likely N-dealkylation sites (N-methyl/N-ethyl adjacent to an activating group) is 1. The van der Waals surface area contributed by atoms with Crippen LogP contribution in [0.25, 0.3) is 0 Å². The first-order chi connectivity index (χ1) is 8.16. The fraction of sp³-hybridized carbons (Fsp3) is 0.538. The number of nitrogens with one attached hydrogen (secondary N) is 1. The molecule has 1 heterocycles. The summed E-state index contributed by atoms with van der Waals surface area (Å²) in [4.78, 5) is 2.23. The molecule has 94 valence electrons.